The van der Waals surface area contributed by atoms with Gasteiger partial charge in [0, 0.05) is 0 Å². The zero-order chi connectivity index (χ0) is 25.8. The summed E-state index contributed by atoms with van der Waals surface area (Å²) in [6.07, 6.45) is 9.45. The Bertz CT molecular complexity index is 979. The minimum absolute atomic E-state index is 0.0177. The van der Waals surface area contributed by atoms with Gasteiger partial charge in [0.15, 0.2) is 0 Å². The van der Waals surface area contributed by atoms with Crippen molar-refractivity contribution in [2.75, 3.05) is 0 Å². The normalized spacial score (nSPS) is 50.0. The molecule has 0 bridgehead atoms. The van der Waals surface area contributed by atoms with Gasteiger partial charge in [0.1, 0.15) is 0 Å². The van der Waals surface area contributed by atoms with Crippen molar-refractivity contribution >= 4 is 11.9 Å². The van der Waals surface area contributed by atoms with Crippen molar-refractivity contribution in [3.05, 3.63) is 11.6 Å². The van der Waals surface area contributed by atoms with E-state index < -0.39 is 34.3 Å². The largest absolute Gasteiger partial charge is 0.481 e. The number of aliphatic hydroxyl groups is 1. The molecule has 5 aliphatic rings. The summed E-state index contributed by atoms with van der Waals surface area (Å²) in [4.78, 5) is 26.6. The smallest absolute Gasteiger partial charge is 0.314 e. The first-order valence-corrected chi connectivity index (χ1v) is 13.9. The van der Waals surface area contributed by atoms with E-state index in [2.05, 4.69) is 33.8 Å². The van der Waals surface area contributed by atoms with Crippen LogP contribution in [0.5, 0.6) is 0 Å². The quantitative estimate of drug-likeness (QED) is 0.398. The van der Waals surface area contributed by atoms with Crippen LogP contribution >= 0.6 is 0 Å². The molecule has 0 aromatic rings. The molecule has 4 saturated carbocycles. The number of allylic oxidation sites excluding steroid dienone is 1. The molecule has 0 aromatic carbocycles. The molecule has 3 N–H and O–H groups in total. The van der Waals surface area contributed by atoms with Gasteiger partial charge in [-0.15, -0.1) is 0 Å². The Balaban J connectivity index is 1.68. The molecule has 5 heteroatoms. The molecular formula is C30H46O5. The summed E-state index contributed by atoms with van der Waals surface area (Å²) < 4.78 is 0. The number of carbonyl (C=O) groups is 2. The van der Waals surface area contributed by atoms with E-state index in [1.807, 2.05) is 13.8 Å². The maximum Gasteiger partial charge on any atom is 0.314 e. The van der Waals surface area contributed by atoms with Crippen molar-refractivity contribution in [1.82, 2.24) is 0 Å². The Morgan fingerprint density at radius 1 is 0.829 bits per heavy atom. The molecule has 0 aliphatic heterocycles. The number of carboxylic acid groups (broad SMARTS) is 2. The van der Waals surface area contributed by atoms with Crippen molar-refractivity contribution in [3.8, 4) is 0 Å². The zero-order valence-electron chi connectivity index (χ0n) is 22.6. The molecule has 0 aromatic heterocycles. The van der Waals surface area contributed by atoms with Crippen molar-refractivity contribution < 1.29 is 24.9 Å². The number of aliphatic hydroxyl groups excluding tert-OH is 1. The Morgan fingerprint density at radius 3 is 2.11 bits per heavy atom. The van der Waals surface area contributed by atoms with Gasteiger partial charge < -0.3 is 15.3 Å². The summed E-state index contributed by atoms with van der Waals surface area (Å²) in [5, 5.41) is 32.6. The summed E-state index contributed by atoms with van der Waals surface area (Å²) in [7, 11) is 0. The molecule has 5 nitrogen and oxygen atoms in total. The molecule has 0 spiro atoms. The number of hydrogen-bond acceptors (Lipinski definition) is 3. The molecule has 8 atom stereocenters. The van der Waals surface area contributed by atoms with E-state index >= 15 is 0 Å². The van der Waals surface area contributed by atoms with E-state index in [-0.39, 0.29) is 34.0 Å². The maximum atomic E-state index is 13.4. The van der Waals surface area contributed by atoms with Crippen LogP contribution in [-0.4, -0.2) is 33.4 Å². The molecule has 196 valence electrons. The van der Waals surface area contributed by atoms with Gasteiger partial charge in [-0.05, 0) is 104 Å². The maximum absolute atomic E-state index is 13.4. The lowest BCUT2D eigenvalue weighted by Gasteiger charge is -2.69. The summed E-state index contributed by atoms with van der Waals surface area (Å²) in [6.45, 7) is 13.4. The Morgan fingerprint density at radius 2 is 1.49 bits per heavy atom. The number of rotatable bonds is 2. The molecule has 0 radical (unpaired) electrons. The fraction of sp³-hybridized carbons (Fsp3) is 0.867. The van der Waals surface area contributed by atoms with Gasteiger partial charge in [0.2, 0.25) is 0 Å². The molecule has 35 heavy (non-hydrogen) atoms. The van der Waals surface area contributed by atoms with Crippen LogP contribution in [0.25, 0.3) is 0 Å². The molecule has 0 saturated heterocycles. The molecule has 0 heterocycles. The van der Waals surface area contributed by atoms with Crippen LogP contribution < -0.4 is 0 Å². The summed E-state index contributed by atoms with van der Waals surface area (Å²) >= 11 is 0. The zero-order valence-corrected chi connectivity index (χ0v) is 22.6. The molecule has 0 amide bonds. The fourth-order valence-electron chi connectivity index (χ4n) is 10.7. The minimum atomic E-state index is -1.06. The van der Waals surface area contributed by atoms with Crippen LogP contribution in [0.4, 0.5) is 0 Å². The Labute approximate surface area is 210 Å². The minimum Gasteiger partial charge on any atom is -0.481 e. The van der Waals surface area contributed by atoms with Crippen LogP contribution in [-0.2, 0) is 9.59 Å². The summed E-state index contributed by atoms with van der Waals surface area (Å²) in [6, 6.07) is 0. The Hall–Kier alpha value is -1.36. The highest BCUT2D eigenvalue weighted by molar-refractivity contribution is 5.83. The van der Waals surface area contributed by atoms with Crippen LogP contribution in [0.2, 0.25) is 0 Å². The van der Waals surface area contributed by atoms with Crippen molar-refractivity contribution in [2.45, 2.75) is 112 Å². The highest BCUT2D eigenvalue weighted by Gasteiger charge is 2.72. The van der Waals surface area contributed by atoms with Crippen LogP contribution in [0.1, 0.15) is 106 Å². The van der Waals surface area contributed by atoms with Crippen molar-refractivity contribution in [1.29, 1.82) is 0 Å². The van der Waals surface area contributed by atoms with E-state index in [9.17, 15) is 24.9 Å². The SMILES string of the molecule is CC1(C)CC[C@]2(C)CC[C@@]3(C(=O)O)[C@@H]4CC[C@@H]5C(C)(C)[C@H](O)CC[C@]5(C(=O)O)C4=CC[C@@H]3[C@@]2(C)C1. The standard InChI is InChI=1S/C30H46O5/c1-25(2)13-14-27(5)15-16-30(24(34)35)19-7-9-20-26(3,4)22(31)11-12-29(20,23(32)33)18(19)8-10-21(30)28(27,6)17-25/h8,19-22,31H,7,9-17H2,1-6H3,(H,32,33)(H,34,35)/t19-,20-,21-,22-,27-,28-,29+,30-/m1/s1. The molecule has 5 aliphatic carbocycles. The molecule has 0 unspecified atom stereocenters. The van der Waals surface area contributed by atoms with Gasteiger partial charge >= 0.3 is 11.9 Å². The predicted molar refractivity (Wildman–Crippen MR) is 135 cm³/mol. The van der Waals surface area contributed by atoms with Crippen molar-refractivity contribution in [2.24, 2.45) is 50.2 Å². The van der Waals surface area contributed by atoms with E-state index in [1.54, 1.807) is 0 Å². The van der Waals surface area contributed by atoms with E-state index in [4.69, 9.17) is 0 Å². The second-order valence-corrected chi connectivity index (χ2v) is 14.9. The average molecular weight is 487 g/mol. The molecule has 5 rings (SSSR count). The van der Waals surface area contributed by atoms with Gasteiger partial charge in [0.05, 0.1) is 16.9 Å². The summed E-state index contributed by atoms with van der Waals surface area (Å²) in [5.41, 5.74) is -1.38. The van der Waals surface area contributed by atoms with Gasteiger partial charge in [-0.3, -0.25) is 9.59 Å². The number of carboxylic acids is 2. The molecular weight excluding hydrogens is 440 g/mol. The van der Waals surface area contributed by atoms with Gasteiger partial charge in [-0.25, -0.2) is 0 Å². The van der Waals surface area contributed by atoms with Crippen LogP contribution in [0.3, 0.4) is 0 Å². The van der Waals surface area contributed by atoms with Crippen LogP contribution in [0.15, 0.2) is 11.6 Å². The highest BCUT2D eigenvalue weighted by atomic mass is 16.4. The third kappa shape index (κ3) is 2.97. The van der Waals surface area contributed by atoms with Gasteiger partial charge in [-0.2, -0.15) is 0 Å². The number of fused-ring (bicyclic) bond motifs is 7. The lowest BCUT2D eigenvalue weighted by Crippen LogP contribution is -2.66. The topological polar surface area (TPSA) is 94.8 Å². The lowest BCUT2D eigenvalue weighted by atomic mass is 9.34. The average Bonchev–Trinajstić information content (AvgIpc) is 2.76. The molecule has 4 fully saturated rings. The van der Waals surface area contributed by atoms with Crippen molar-refractivity contribution in [3.63, 3.8) is 0 Å². The first-order chi connectivity index (χ1) is 16.1. The summed E-state index contributed by atoms with van der Waals surface area (Å²) in [5.74, 6) is -1.92. The third-order valence-corrected chi connectivity index (χ3v) is 12.8. The number of hydrogen-bond donors (Lipinski definition) is 3. The van der Waals surface area contributed by atoms with E-state index in [0.29, 0.717) is 38.5 Å². The van der Waals surface area contributed by atoms with E-state index in [1.165, 1.54) is 6.42 Å². The first kappa shape index (κ1) is 25.3. The number of aliphatic carboxylic acids is 2. The lowest BCUT2D eigenvalue weighted by molar-refractivity contribution is -0.211. The van der Waals surface area contributed by atoms with Gasteiger partial charge in [0.25, 0.3) is 0 Å². The van der Waals surface area contributed by atoms with Gasteiger partial charge in [-0.1, -0.05) is 53.2 Å². The highest BCUT2D eigenvalue weighted by Crippen LogP contribution is 2.75. The first-order valence-electron chi connectivity index (χ1n) is 13.9. The Kier molecular flexibility index (Phi) is 5.32. The predicted octanol–water partition coefficient (Wildman–Crippen LogP) is 6.30. The fourth-order valence-corrected chi connectivity index (χ4v) is 10.7. The monoisotopic (exact) mass is 486 g/mol. The van der Waals surface area contributed by atoms with E-state index in [0.717, 1.165) is 24.8 Å². The second kappa shape index (κ2) is 7.36. The second-order valence-electron chi connectivity index (χ2n) is 14.9. The van der Waals surface area contributed by atoms with Crippen LogP contribution in [0, 0.1) is 50.2 Å². The third-order valence-electron chi connectivity index (χ3n) is 12.8.